The fourth-order valence-electron chi connectivity index (χ4n) is 0.367. The predicted molar refractivity (Wildman–Crippen MR) is 35.2 cm³/mol. The lowest BCUT2D eigenvalue weighted by molar-refractivity contribution is -0.120. The number of rotatable bonds is 3. The molecule has 2 heteroatoms. The van der Waals surface area contributed by atoms with Crippen LogP contribution >= 0.6 is 11.6 Å². The van der Waals surface area contributed by atoms with E-state index in [4.69, 9.17) is 11.6 Å². The average molecular weight is 135 g/mol. The molecule has 0 aromatic rings. The molecule has 0 N–H and O–H groups in total. The number of carbonyl (C=O) groups excluding carboxylic acids is 1. The largest absolute Gasteiger partial charge is 0.300 e. The first-order valence-electron chi connectivity index (χ1n) is 2.75. The molecule has 0 rings (SSSR count). The van der Waals surface area contributed by atoms with Crippen LogP contribution in [0.25, 0.3) is 0 Å². The topological polar surface area (TPSA) is 17.1 Å². The summed E-state index contributed by atoms with van der Waals surface area (Å²) in [6, 6.07) is 0. The second-order valence-corrected chi connectivity index (χ2v) is 2.37. The fraction of sp³-hybridized carbons (Fsp3) is 0.833. The van der Waals surface area contributed by atoms with E-state index < -0.39 is 0 Å². The minimum atomic E-state index is 0.146. The lowest BCUT2D eigenvalue weighted by Gasteiger charge is -2.00. The van der Waals surface area contributed by atoms with Gasteiger partial charge in [-0.05, 0) is 13.3 Å². The Hall–Kier alpha value is -0.0400. The molecule has 0 heterocycles. The first-order chi connectivity index (χ1) is 3.68. The molecule has 0 radical (unpaired) electrons. The normalized spacial score (nSPS) is 13.4. The number of halogens is 1. The molecule has 0 aliphatic carbocycles. The van der Waals surface area contributed by atoms with Crippen LogP contribution in [0, 0.1) is 5.92 Å². The molecule has 0 aliphatic heterocycles. The Labute approximate surface area is 55.0 Å². The molecule has 1 nitrogen and oxygen atoms in total. The first-order valence-corrected chi connectivity index (χ1v) is 3.28. The molecule has 0 bridgehead atoms. The molecule has 0 saturated heterocycles. The minimum Gasteiger partial charge on any atom is -0.300 e. The minimum absolute atomic E-state index is 0.146. The van der Waals surface area contributed by atoms with E-state index in [0.29, 0.717) is 5.88 Å². The van der Waals surface area contributed by atoms with Crippen molar-refractivity contribution in [1.82, 2.24) is 0 Å². The van der Waals surface area contributed by atoms with E-state index in [1.165, 1.54) is 0 Å². The van der Waals surface area contributed by atoms with Crippen molar-refractivity contribution in [3.8, 4) is 0 Å². The summed E-state index contributed by atoms with van der Waals surface area (Å²) in [5.41, 5.74) is 0. The summed E-state index contributed by atoms with van der Waals surface area (Å²) in [7, 11) is 0. The van der Waals surface area contributed by atoms with Gasteiger partial charge in [-0.2, -0.15) is 0 Å². The smallest absolute Gasteiger partial charge is 0.132 e. The summed E-state index contributed by atoms with van der Waals surface area (Å²) in [6.45, 7) is 3.49. The zero-order chi connectivity index (χ0) is 6.57. The lowest BCUT2D eigenvalue weighted by atomic mass is 10.1. The highest BCUT2D eigenvalue weighted by Gasteiger charge is 2.04. The molecular formula is C6H11ClO. The highest BCUT2D eigenvalue weighted by molar-refractivity contribution is 6.17. The highest BCUT2D eigenvalue weighted by Crippen LogP contribution is 2.02. The molecule has 0 saturated carbocycles. The predicted octanol–water partition coefficient (Wildman–Crippen LogP) is 1.84. The molecular weight excluding hydrogens is 124 g/mol. The Morgan fingerprint density at radius 3 is 2.38 bits per heavy atom. The standard InChI is InChI=1S/C6H11ClO/c1-5(3-4-7)6(2)8/h5H,3-4H2,1-2H3. The molecule has 0 spiro atoms. The van der Waals surface area contributed by atoms with Crippen LogP contribution in [0.1, 0.15) is 20.3 Å². The van der Waals surface area contributed by atoms with Crippen molar-refractivity contribution in [2.45, 2.75) is 20.3 Å². The van der Waals surface area contributed by atoms with E-state index in [1.54, 1.807) is 6.92 Å². The van der Waals surface area contributed by atoms with Gasteiger partial charge in [-0.25, -0.2) is 0 Å². The first kappa shape index (κ1) is 7.96. The van der Waals surface area contributed by atoms with Crippen LogP contribution in [0.4, 0.5) is 0 Å². The maximum absolute atomic E-state index is 10.5. The van der Waals surface area contributed by atoms with Crippen LogP contribution in [0.2, 0.25) is 0 Å². The van der Waals surface area contributed by atoms with Gasteiger partial charge in [0.05, 0.1) is 0 Å². The van der Waals surface area contributed by atoms with Crippen molar-refractivity contribution in [2.75, 3.05) is 5.88 Å². The quantitative estimate of drug-likeness (QED) is 0.539. The third-order valence-corrected chi connectivity index (χ3v) is 1.45. The van der Waals surface area contributed by atoms with Gasteiger partial charge in [0.2, 0.25) is 0 Å². The summed E-state index contributed by atoms with van der Waals surface area (Å²) in [5, 5.41) is 0. The molecule has 0 fully saturated rings. The van der Waals surface area contributed by atoms with Crippen LogP contribution in [0.15, 0.2) is 0 Å². The number of hydrogen-bond acceptors (Lipinski definition) is 1. The molecule has 0 aromatic carbocycles. The molecule has 48 valence electrons. The van der Waals surface area contributed by atoms with Gasteiger partial charge in [-0.3, -0.25) is 4.79 Å². The third-order valence-electron chi connectivity index (χ3n) is 1.24. The van der Waals surface area contributed by atoms with Gasteiger partial charge in [-0.15, -0.1) is 11.6 Å². The molecule has 0 amide bonds. The van der Waals surface area contributed by atoms with Crippen LogP contribution in [0.5, 0.6) is 0 Å². The van der Waals surface area contributed by atoms with Crippen LogP contribution in [0.3, 0.4) is 0 Å². The average Bonchev–Trinajstić information content (AvgIpc) is 1.67. The van der Waals surface area contributed by atoms with Gasteiger partial charge in [0.25, 0.3) is 0 Å². The summed E-state index contributed by atoms with van der Waals surface area (Å²) in [4.78, 5) is 10.5. The monoisotopic (exact) mass is 134 g/mol. The van der Waals surface area contributed by atoms with Crippen LogP contribution < -0.4 is 0 Å². The van der Waals surface area contributed by atoms with Gasteiger partial charge in [0, 0.05) is 11.8 Å². The summed E-state index contributed by atoms with van der Waals surface area (Å²) in [5.74, 6) is 0.957. The zero-order valence-corrected chi connectivity index (χ0v) is 6.03. The molecule has 0 aromatic heterocycles. The Kier molecular flexibility index (Phi) is 3.88. The molecule has 8 heavy (non-hydrogen) atoms. The summed E-state index contributed by atoms with van der Waals surface area (Å²) >= 11 is 5.39. The van der Waals surface area contributed by atoms with Crippen molar-refractivity contribution in [2.24, 2.45) is 5.92 Å². The lowest BCUT2D eigenvalue weighted by Crippen LogP contribution is -2.05. The number of carbonyl (C=O) groups is 1. The maximum atomic E-state index is 10.5. The second-order valence-electron chi connectivity index (χ2n) is 1.99. The van der Waals surface area contributed by atoms with Gasteiger partial charge in [-0.1, -0.05) is 6.92 Å². The van der Waals surface area contributed by atoms with E-state index in [-0.39, 0.29) is 11.7 Å². The molecule has 0 aliphatic rings. The Balaban J connectivity index is 3.32. The second kappa shape index (κ2) is 3.90. The van der Waals surface area contributed by atoms with Crippen LogP contribution in [-0.2, 0) is 4.79 Å². The van der Waals surface area contributed by atoms with Gasteiger partial charge in [0.15, 0.2) is 0 Å². The Morgan fingerprint density at radius 1 is 1.75 bits per heavy atom. The summed E-state index contributed by atoms with van der Waals surface area (Å²) in [6.07, 6.45) is 0.802. The zero-order valence-electron chi connectivity index (χ0n) is 5.28. The van der Waals surface area contributed by atoms with E-state index in [9.17, 15) is 4.79 Å². The van der Waals surface area contributed by atoms with E-state index in [0.717, 1.165) is 6.42 Å². The van der Waals surface area contributed by atoms with E-state index in [2.05, 4.69) is 0 Å². The number of hydrogen-bond donors (Lipinski definition) is 0. The van der Waals surface area contributed by atoms with Gasteiger partial charge in [0.1, 0.15) is 5.78 Å². The SMILES string of the molecule is CC(=O)C(C)CCCl. The van der Waals surface area contributed by atoms with Crippen LogP contribution in [-0.4, -0.2) is 11.7 Å². The molecule has 1 unspecified atom stereocenters. The number of ketones is 1. The fourth-order valence-corrected chi connectivity index (χ4v) is 0.694. The Morgan fingerprint density at radius 2 is 2.25 bits per heavy atom. The number of Topliss-reactive ketones (excluding diaryl/α,β-unsaturated/α-hetero) is 1. The van der Waals surface area contributed by atoms with E-state index >= 15 is 0 Å². The third kappa shape index (κ3) is 3.03. The van der Waals surface area contributed by atoms with Crippen molar-refractivity contribution in [1.29, 1.82) is 0 Å². The highest BCUT2D eigenvalue weighted by atomic mass is 35.5. The van der Waals surface area contributed by atoms with Crippen molar-refractivity contribution < 1.29 is 4.79 Å². The summed E-state index contributed by atoms with van der Waals surface area (Å²) < 4.78 is 0. The van der Waals surface area contributed by atoms with Crippen molar-refractivity contribution in [3.05, 3.63) is 0 Å². The maximum Gasteiger partial charge on any atom is 0.132 e. The van der Waals surface area contributed by atoms with Gasteiger partial charge >= 0.3 is 0 Å². The van der Waals surface area contributed by atoms with Gasteiger partial charge < -0.3 is 0 Å². The molecule has 1 atom stereocenters. The van der Waals surface area contributed by atoms with E-state index in [1.807, 2.05) is 6.92 Å². The van der Waals surface area contributed by atoms with Crippen molar-refractivity contribution in [3.63, 3.8) is 0 Å². The van der Waals surface area contributed by atoms with Crippen molar-refractivity contribution >= 4 is 17.4 Å². The number of alkyl halides is 1. The Bertz CT molecular complexity index is 80.6.